The van der Waals surface area contributed by atoms with Gasteiger partial charge in [-0.05, 0) is 47.6 Å². The van der Waals surface area contributed by atoms with Crippen LogP contribution >= 0.6 is 0 Å². The van der Waals surface area contributed by atoms with Crippen molar-refractivity contribution in [2.75, 3.05) is 0 Å². The number of nitrogens with zero attached hydrogens (tertiary/aromatic N) is 1. The van der Waals surface area contributed by atoms with Crippen molar-refractivity contribution in [1.82, 2.24) is 4.98 Å². The van der Waals surface area contributed by atoms with Crippen LogP contribution in [0.25, 0.3) is 17.0 Å². The van der Waals surface area contributed by atoms with E-state index in [9.17, 15) is 0 Å². The summed E-state index contributed by atoms with van der Waals surface area (Å²) >= 11 is 0. The molecule has 2 aromatic rings. The van der Waals surface area contributed by atoms with Gasteiger partial charge < -0.3 is 0 Å². The molecule has 1 aliphatic rings. The van der Waals surface area contributed by atoms with E-state index in [0.29, 0.717) is 5.92 Å². The number of hydrogen-bond donors (Lipinski definition) is 0. The third-order valence-electron chi connectivity index (χ3n) is 3.62. The fraction of sp³-hybridized carbons (Fsp3) is 0.421. The highest BCUT2D eigenvalue weighted by molar-refractivity contribution is 5.87. The largest absolute Gasteiger partial charge is 0.256 e. The Labute approximate surface area is 122 Å². The van der Waals surface area contributed by atoms with Crippen LogP contribution in [0.5, 0.6) is 0 Å². The molecule has 1 aromatic carbocycles. The van der Waals surface area contributed by atoms with Gasteiger partial charge in [-0.25, -0.2) is 0 Å². The molecule has 1 heterocycles. The van der Waals surface area contributed by atoms with E-state index in [4.69, 9.17) is 0 Å². The van der Waals surface area contributed by atoms with Gasteiger partial charge in [0.2, 0.25) is 0 Å². The minimum atomic E-state index is 0.625. The van der Waals surface area contributed by atoms with Gasteiger partial charge in [-0.15, -0.1) is 0 Å². The summed E-state index contributed by atoms with van der Waals surface area (Å²) in [6.07, 6.45) is 9.96. The second kappa shape index (κ2) is 6.69. The molecule has 0 amide bonds. The van der Waals surface area contributed by atoms with Crippen molar-refractivity contribution in [1.29, 1.82) is 0 Å². The first-order chi connectivity index (χ1) is 9.71. The standard InChI is InChI=1S/C16H17N.C3H8/c1-3-12-10-13-5-4-8-17-16(13)15-9-11(2)6-7-14(12)15;1-3-2/h4-8,10-11H,3,9H2,1-2H3;3H2,1-2H3. The number of rotatable bonds is 1. The lowest BCUT2D eigenvalue weighted by molar-refractivity contribution is 0.719. The molecule has 3 rings (SSSR count). The van der Waals surface area contributed by atoms with Gasteiger partial charge in [0.1, 0.15) is 0 Å². The lowest BCUT2D eigenvalue weighted by Crippen LogP contribution is -2.07. The highest BCUT2D eigenvalue weighted by Gasteiger charge is 2.16. The van der Waals surface area contributed by atoms with Gasteiger partial charge in [0, 0.05) is 11.6 Å². The van der Waals surface area contributed by atoms with Crippen LogP contribution in [0, 0.1) is 5.92 Å². The summed E-state index contributed by atoms with van der Waals surface area (Å²) in [5.41, 5.74) is 5.49. The van der Waals surface area contributed by atoms with E-state index < -0.39 is 0 Å². The first-order valence-corrected chi connectivity index (χ1v) is 7.78. The summed E-state index contributed by atoms with van der Waals surface area (Å²) in [5.74, 6) is 0.625. The summed E-state index contributed by atoms with van der Waals surface area (Å²) in [7, 11) is 0. The second-order valence-electron chi connectivity index (χ2n) is 5.60. The van der Waals surface area contributed by atoms with Crippen molar-refractivity contribution in [3.63, 3.8) is 0 Å². The summed E-state index contributed by atoms with van der Waals surface area (Å²) < 4.78 is 0. The topological polar surface area (TPSA) is 12.9 Å². The van der Waals surface area contributed by atoms with Gasteiger partial charge in [-0.1, -0.05) is 52.3 Å². The maximum atomic E-state index is 4.57. The molecule has 1 unspecified atom stereocenters. The SMILES string of the molecule is CCC.CCc1cc2cccnc2c2c1C=CC(C)C2. The second-order valence-corrected chi connectivity index (χ2v) is 5.60. The third-order valence-corrected chi connectivity index (χ3v) is 3.62. The number of benzene rings is 1. The van der Waals surface area contributed by atoms with Crippen LogP contribution in [-0.4, -0.2) is 4.98 Å². The maximum absolute atomic E-state index is 4.57. The van der Waals surface area contributed by atoms with E-state index >= 15 is 0 Å². The minimum absolute atomic E-state index is 0.625. The zero-order chi connectivity index (χ0) is 14.5. The van der Waals surface area contributed by atoms with Crippen molar-refractivity contribution >= 4 is 17.0 Å². The first-order valence-electron chi connectivity index (χ1n) is 7.78. The van der Waals surface area contributed by atoms with Crippen molar-refractivity contribution < 1.29 is 0 Å². The fourth-order valence-electron chi connectivity index (χ4n) is 2.73. The van der Waals surface area contributed by atoms with Gasteiger partial charge >= 0.3 is 0 Å². The molecule has 0 N–H and O–H groups in total. The lowest BCUT2D eigenvalue weighted by atomic mass is 9.85. The fourth-order valence-corrected chi connectivity index (χ4v) is 2.73. The van der Waals surface area contributed by atoms with Gasteiger partial charge in [-0.3, -0.25) is 4.98 Å². The number of aryl methyl sites for hydroxylation is 1. The van der Waals surface area contributed by atoms with Crippen LogP contribution in [0.15, 0.2) is 30.5 Å². The summed E-state index contributed by atoms with van der Waals surface area (Å²) in [6.45, 7) is 8.75. The Hall–Kier alpha value is -1.63. The molecule has 0 saturated heterocycles. The third kappa shape index (κ3) is 2.92. The number of allylic oxidation sites excluding steroid dienone is 1. The van der Waals surface area contributed by atoms with Crippen molar-refractivity contribution in [3.05, 3.63) is 47.2 Å². The normalized spacial score (nSPS) is 16.5. The molecule has 1 nitrogen and oxygen atoms in total. The minimum Gasteiger partial charge on any atom is -0.256 e. The summed E-state index contributed by atoms with van der Waals surface area (Å²) in [6, 6.07) is 6.49. The van der Waals surface area contributed by atoms with Crippen LogP contribution in [-0.2, 0) is 12.8 Å². The van der Waals surface area contributed by atoms with E-state index in [-0.39, 0.29) is 0 Å². The van der Waals surface area contributed by atoms with Crippen LogP contribution < -0.4 is 0 Å². The molecule has 1 aliphatic carbocycles. The average molecular weight is 267 g/mol. The predicted octanol–water partition coefficient (Wildman–Crippen LogP) is 5.42. The van der Waals surface area contributed by atoms with Gasteiger partial charge in [-0.2, -0.15) is 0 Å². The summed E-state index contributed by atoms with van der Waals surface area (Å²) in [4.78, 5) is 4.57. The quantitative estimate of drug-likeness (QED) is 0.672. The molecule has 1 aromatic heterocycles. The number of pyridine rings is 1. The number of aromatic nitrogens is 1. The van der Waals surface area contributed by atoms with E-state index in [1.165, 1.54) is 34.0 Å². The zero-order valence-electron chi connectivity index (χ0n) is 13.1. The molecule has 1 heteroatoms. The Kier molecular flexibility index (Phi) is 4.94. The molecule has 0 bridgehead atoms. The maximum Gasteiger partial charge on any atom is 0.0740 e. The summed E-state index contributed by atoms with van der Waals surface area (Å²) in [5, 5.41) is 1.28. The van der Waals surface area contributed by atoms with Crippen LogP contribution in [0.1, 0.15) is 50.8 Å². The number of hydrogen-bond acceptors (Lipinski definition) is 1. The molecule has 106 valence electrons. The van der Waals surface area contributed by atoms with Crippen molar-refractivity contribution in [2.45, 2.75) is 47.0 Å². The van der Waals surface area contributed by atoms with Gasteiger partial charge in [0.05, 0.1) is 5.52 Å². The van der Waals surface area contributed by atoms with Crippen molar-refractivity contribution in [3.8, 4) is 0 Å². The molecule has 0 aliphatic heterocycles. The highest BCUT2D eigenvalue weighted by atomic mass is 14.7. The van der Waals surface area contributed by atoms with E-state index in [0.717, 1.165) is 12.8 Å². The predicted molar refractivity (Wildman–Crippen MR) is 89.0 cm³/mol. The smallest absolute Gasteiger partial charge is 0.0740 e. The molecule has 0 fully saturated rings. The van der Waals surface area contributed by atoms with E-state index in [1.54, 1.807) is 0 Å². The molecule has 0 spiro atoms. The van der Waals surface area contributed by atoms with Crippen molar-refractivity contribution in [2.24, 2.45) is 5.92 Å². The zero-order valence-corrected chi connectivity index (χ0v) is 13.1. The molecule has 1 atom stereocenters. The molecule has 0 saturated carbocycles. The molecular weight excluding hydrogens is 242 g/mol. The first kappa shape index (κ1) is 14.8. The van der Waals surface area contributed by atoms with E-state index in [1.807, 2.05) is 12.3 Å². The molecular formula is C19H25N. The number of fused-ring (bicyclic) bond motifs is 3. The van der Waals surface area contributed by atoms with Gasteiger partial charge in [0.15, 0.2) is 0 Å². The van der Waals surface area contributed by atoms with E-state index in [2.05, 4.69) is 57.0 Å². The molecule has 0 radical (unpaired) electrons. The van der Waals surface area contributed by atoms with Crippen LogP contribution in [0.3, 0.4) is 0 Å². The van der Waals surface area contributed by atoms with Crippen LogP contribution in [0.2, 0.25) is 0 Å². The Bertz CT molecular complexity index is 610. The Morgan fingerprint density at radius 1 is 1.25 bits per heavy atom. The lowest BCUT2D eigenvalue weighted by Gasteiger charge is -2.20. The van der Waals surface area contributed by atoms with Gasteiger partial charge in [0.25, 0.3) is 0 Å². The Balaban J connectivity index is 0.000000452. The Morgan fingerprint density at radius 2 is 2.00 bits per heavy atom. The highest BCUT2D eigenvalue weighted by Crippen LogP contribution is 2.31. The average Bonchev–Trinajstić information content (AvgIpc) is 2.47. The Morgan fingerprint density at radius 3 is 2.70 bits per heavy atom. The molecule has 20 heavy (non-hydrogen) atoms. The van der Waals surface area contributed by atoms with Crippen LogP contribution in [0.4, 0.5) is 0 Å². The monoisotopic (exact) mass is 267 g/mol.